The molecule has 138 valence electrons. The van der Waals surface area contributed by atoms with Gasteiger partial charge >= 0.3 is 5.97 Å². The van der Waals surface area contributed by atoms with E-state index in [1.54, 1.807) is 31.1 Å². The highest BCUT2D eigenvalue weighted by molar-refractivity contribution is 5.91. The zero-order valence-electron chi connectivity index (χ0n) is 15.2. The molecule has 1 aliphatic heterocycles. The molecule has 1 aromatic carbocycles. The molecular weight excluding hydrogens is 322 g/mol. The highest BCUT2D eigenvalue weighted by atomic mass is 16.5. The van der Waals surface area contributed by atoms with Crippen LogP contribution in [0.25, 0.3) is 0 Å². The summed E-state index contributed by atoms with van der Waals surface area (Å²) >= 11 is 0. The van der Waals surface area contributed by atoms with Gasteiger partial charge in [-0.2, -0.15) is 0 Å². The van der Waals surface area contributed by atoms with E-state index < -0.39 is 5.97 Å². The van der Waals surface area contributed by atoms with E-state index in [1.165, 1.54) is 7.11 Å². The van der Waals surface area contributed by atoms with Crippen LogP contribution in [-0.4, -0.2) is 85.6 Å². The second-order valence-electron chi connectivity index (χ2n) is 6.53. The Morgan fingerprint density at radius 2 is 1.84 bits per heavy atom. The summed E-state index contributed by atoms with van der Waals surface area (Å²) < 4.78 is 5.10. The molecular formula is C18H27N3O4. The number of benzene rings is 1. The van der Waals surface area contributed by atoms with Crippen LogP contribution in [0.3, 0.4) is 0 Å². The third-order valence-electron chi connectivity index (χ3n) is 4.44. The first-order valence-electron chi connectivity index (χ1n) is 8.45. The number of carboxylic acid groups (broad SMARTS) is 1. The van der Waals surface area contributed by atoms with E-state index in [0.29, 0.717) is 18.8 Å². The van der Waals surface area contributed by atoms with Crippen molar-refractivity contribution >= 4 is 11.9 Å². The average molecular weight is 349 g/mol. The van der Waals surface area contributed by atoms with Gasteiger partial charge in [-0.15, -0.1) is 0 Å². The lowest BCUT2D eigenvalue weighted by molar-refractivity contribution is -0.129. The van der Waals surface area contributed by atoms with Gasteiger partial charge in [0.25, 0.3) is 0 Å². The normalized spacial score (nSPS) is 16.3. The van der Waals surface area contributed by atoms with Crippen molar-refractivity contribution in [2.75, 3.05) is 53.9 Å². The molecule has 2 rings (SSSR count). The van der Waals surface area contributed by atoms with E-state index in [-0.39, 0.29) is 11.5 Å². The summed E-state index contributed by atoms with van der Waals surface area (Å²) in [7, 11) is 5.02. The summed E-state index contributed by atoms with van der Waals surface area (Å²) in [6.07, 6.45) is 0.989. The van der Waals surface area contributed by atoms with E-state index in [4.69, 9.17) is 4.74 Å². The summed E-state index contributed by atoms with van der Waals surface area (Å²) in [6, 6.07) is 5.29. The Kier molecular flexibility index (Phi) is 6.78. The largest absolute Gasteiger partial charge is 0.496 e. The van der Waals surface area contributed by atoms with Crippen LogP contribution in [0.4, 0.5) is 0 Å². The molecule has 1 aromatic rings. The first kappa shape index (κ1) is 19.2. The van der Waals surface area contributed by atoms with Gasteiger partial charge in [-0.1, -0.05) is 6.07 Å². The van der Waals surface area contributed by atoms with Gasteiger partial charge in [0.2, 0.25) is 5.91 Å². The third kappa shape index (κ3) is 5.44. The molecule has 0 radical (unpaired) electrons. The molecule has 0 saturated carbocycles. The van der Waals surface area contributed by atoms with E-state index in [9.17, 15) is 14.7 Å². The SMILES string of the molecule is COc1ccc(CN2CCCN(CC(=O)N(C)C)CC2)cc1C(=O)O. The molecule has 1 saturated heterocycles. The summed E-state index contributed by atoms with van der Waals surface area (Å²) in [6.45, 7) is 4.67. The highest BCUT2D eigenvalue weighted by Gasteiger charge is 2.19. The van der Waals surface area contributed by atoms with Crippen molar-refractivity contribution in [3.8, 4) is 5.75 Å². The lowest BCUT2D eigenvalue weighted by atomic mass is 10.1. The van der Waals surface area contributed by atoms with Crippen LogP contribution in [0.2, 0.25) is 0 Å². The van der Waals surface area contributed by atoms with Crippen molar-refractivity contribution in [3.05, 3.63) is 29.3 Å². The minimum Gasteiger partial charge on any atom is -0.496 e. The lowest BCUT2D eigenvalue weighted by Crippen LogP contribution is -2.38. The van der Waals surface area contributed by atoms with Gasteiger partial charge in [0.15, 0.2) is 0 Å². The number of ether oxygens (including phenoxy) is 1. The third-order valence-corrected chi connectivity index (χ3v) is 4.44. The zero-order chi connectivity index (χ0) is 18.4. The second kappa shape index (κ2) is 8.82. The van der Waals surface area contributed by atoms with E-state index >= 15 is 0 Å². The molecule has 7 heteroatoms. The molecule has 1 heterocycles. The van der Waals surface area contributed by atoms with Crippen molar-refractivity contribution in [2.24, 2.45) is 0 Å². The number of amides is 1. The Morgan fingerprint density at radius 3 is 2.48 bits per heavy atom. The Morgan fingerprint density at radius 1 is 1.16 bits per heavy atom. The van der Waals surface area contributed by atoms with Gasteiger partial charge in [-0.05, 0) is 37.2 Å². The van der Waals surface area contributed by atoms with Crippen LogP contribution >= 0.6 is 0 Å². The van der Waals surface area contributed by atoms with Crippen molar-refractivity contribution in [1.29, 1.82) is 0 Å². The predicted octanol–water partition coefficient (Wildman–Crippen LogP) is 0.989. The van der Waals surface area contributed by atoms with Gasteiger partial charge in [0, 0.05) is 33.7 Å². The van der Waals surface area contributed by atoms with Gasteiger partial charge in [-0.25, -0.2) is 4.79 Å². The summed E-state index contributed by atoms with van der Waals surface area (Å²) in [4.78, 5) is 29.3. The Balaban J connectivity index is 1.96. The standard InChI is InChI=1S/C18H27N3O4/c1-19(2)17(22)13-21-8-4-7-20(9-10-21)12-14-5-6-16(25-3)15(11-14)18(23)24/h5-6,11H,4,7-10,12-13H2,1-3H3,(H,23,24). The number of nitrogens with zero attached hydrogens (tertiary/aromatic N) is 3. The van der Waals surface area contributed by atoms with Crippen molar-refractivity contribution < 1.29 is 19.4 Å². The molecule has 1 aliphatic rings. The van der Waals surface area contributed by atoms with E-state index in [0.717, 1.165) is 38.2 Å². The number of hydrogen-bond donors (Lipinski definition) is 1. The first-order valence-corrected chi connectivity index (χ1v) is 8.45. The van der Waals surface area contributed by atoms with E-state index in [1.807, 2.05) is 6.07 Å². The van der Waals surface area contributed by atoms with Crippen LogP contribution in [-0.2, 0) is 11.3 Å². The number of hydrogen-bond acceptors (Lipinski definition) is 5. The number of methoxy groups -OCH3 is 1. The maximum Gasteiger partial charge on any atom is 0.339 e. The molecule has 1 N–H and O–H groups in total. The molecule has 0 spiro atoms. The van der Waals surface area contributed by atoms with Crippen molar-refractivity contribution in [1.82, 2.24) is 14.7 Å². The van der Waals surface area contributed by atoms with Crippen molar-refractivity contribution in [3.63, 3.8) is 0 Å². The molecule has 1 fully saturated rings. The number of carboxylic acids is 1. The fraction of sp³-hybridized carbons (Fsp3) is 0.556. The van der Waals surface area contributed by atoms with Gasteiger partial charge in [0.05, 0.1) is 13.7 Å². The van der Waals surface area contributed by atoms with Crippen LogP contribution in [0.15, 0.2) is 18.2 Å². The predicted molar refractivity (Wildman–Crippen MR) is 95.0 cm³/mol. The Bertz CT molecular complexity index is 618. The highest BCUT2D eigenvalue weighted by Crippen LogP contribution is 2.21. The summed E-state index contributed by atoms with van der Waals surface area (Å²) in [5.74, 6) is -0.488. The maximum atomic E-state index is 11.9. The monoisotopic (exact) mass is 349 g/mol. The smallest absolute Gasteiger partial charge is 0.339 e. The van der Waals surface area contributed by atoms with Crippen LogP contribution in [0.5, 0.6) is 5.75 Å². The molecule has 25 heavy (non-hydrogen) atoms. The van der Waals surface area contributed by atoms with Gasteiger partial charge < -0.3 is 14.7 Å². The minimum atomic E-state index is -0.983. The molecule has 7 nitrogen and oxygen atoms in total. The van der Waals surface area contributed by atoms with Crippen LogP contribution in [0.1, 0.15) is 22.3 Å². The Labute approximate surface area is 148 Å². The molecule has 0 unspecified atom stereocenters. The van der Waals surface area contributed by atoms with Gasteiger partial charge in [-0.3, -0.25) is 14.6 Å². The van der Waals surface area contributed by atoms with Crippen molar-refractivity contribution in [2.45, 2.75) is 13.0 Å². The average Bonchev–Trinajstić information content (AvgIpc) is 2.80. The molecule has 0 bridgehead atoms. The van der Waals surface area contributed by atoms with Crippen LogP contribution < -0.4 is 4.74 Å². The number of carbonyl (C=O) groups is 2. The quantitative estimate of drug-likeness (QED) is 0.826. The first-order chi connectivity index (χ1) is 11.9. The zero-order valence-corrected chi connectivity index (χ0v) is 15.2. The molecule has 1 amide bonds. The fourth-order valence-electron chi connectivity index (χ4n) is 2.95. The summed E-state index contributed by atoms with van der Waals surface area (Å²) in [5, 5.41) is 9.30. The summed E-state index contributed by atoms with van der Waals surface area (Å²) in [5.41, 5.74) is 1.14. The maximum absolute atomic E-state index is 11.9. The molecule has 0 aliphatic carbocycles. The lowest BCUT2D eigenvalue weighted by Gasteiger charge is -2.23. The molecule has 0 aromatic heterocycles. The number of likely N-dealkylation sites (N-methyl/N-ethyl adjacent to an activating group) is 1. The topological polar surface area (TPSA) is 73.3 Å². The molecule has 0 atom stereocenters. The number of aromatic carboxylic acids is 1. The van der Waals surface area contributed by atoms with E-state index in [2.05, 4.69) is 9.80 Å². The minimum absolute atomic E-state index is 0.120. The van der Waals surface area contributed by atoms with Gasteiger partial charge in [0.1, 0.15) is 11.3 Å². The number of rotatable bonds is 6. The Hall–Kier alpha value is -2.12. The second-order valence-corrected chi connectivity index (χ2v) is 6.53. The fourth-order valence-corrected chi connectivity index (χ4v) is 2.95. The number of carbonyl (C=O) groups excluding carboxylic acids is 1. The van der Waals surface area contributed by atoms with Crippen LogP contribution in [0, 0.1) is 0 Å².